The van der Waals surface area contributed by atoms with E-state index in [-0.39, 0.29) is 6.61 Å². The second-order valence-corrected chi connectivity index (χ2v) is 6.30. The maximum absolute atomic E-state index is 11.9. The predicted molar refractivity (Wildman–Crippen MR) is 92.5 cm³/mol. The van der Waals surface area contributed by atoms with Crippen LogP contribution in [0.25, 0.3) is 0 Å². The second kappa shape index (κ2) is 7.59. The maximum Gasteiger partial charge on any atom is 0.330 e. The summed E-state index contributed by atoms with van der Waals surface area (Å²) in [7, 11) is 0. The number of hydrogen-bond acceptors (Lipinski definition) is 5. The molecule has 1 amide bonds. The van der Waals surface area contributed by atoms with Crippen LogP contribution in [-0.4, -0.2) is 24.3 Å². The lowest BCUT2D eigenvalue weighted by molar-refractivity contribution is -0.142. The van der Waals surface area contributed by atoms with E-state index in [1.165, 1.54) is 12.5 Å². The third-order valence-electron chi connectivity index (χ3n) is 4.27. The third kappa shape index (κ3) is 4.32. The van der Waals surface area contributed by atoms with Crippen molar-refractivity contribution < 1.29 is 23.8 Å². The van der Waals surface area contributed by atoms with Crippen molar-refractivity contribution in [3.63, 3.8) is 0 Å². The molecule has 0 radical (unpaired) electrons. The average molecular weight is 345 g/mol. The molecular weight excluding hydrogens is 322 g/mol. The molecule has 6 nitrogen and oxygen atoms in total. The fraction of sp³-hybridized carbons (Fsp3) is 0.474. The Kier molecular flexibility index (Phi) is 5.26. The molecule has 0 bridgehead atoms. The summed E-state index contributed by atoms with van der Waals surface area (Å²) >= 11 is 0. The number of ether oxygens (including phenoxy) is 3. The minimum absolute atomic E-state index is 0.328. The van der Waals surface area contributed by atoms with Gasteiger partial charge >= 0.3 is 5.97 Å². The van der Waals surface area contributed by atoms with Crippen LogP contribution in [0.2, 0.25) is 0 Å². The molecule has 1 N–H and O–H groups in total. The van der Waals surface area contributed by atoms with Crippen molar-refractivity contribution in [2.45, 2.75) is 51.2 Å². The molecule has 1 spiro atoms. The lowest BCUT2D eigenvalue weighted by atomic mass is 9.94. The highest BCUT2D eigenvalue weighted by Gasteiger charge is 2.42. The zero-order valence-electron chi connectivity index (χ0n) is 14.4. The third-order valence-corrected chi connectivity index (χ3v) is 4.27. The molecule has 134 valence electrons. The standard InChI is InChI=1S/C19H23NO5/c1-2-3-7-18(22)23-13-17(21)20-14-8-9-15-16(12-14)25-19(24-15)10-5-4-6-11-19/h3,7-9,12H,2,4-6,10-11,13H2,1H3,(H,20,21)/b7-3+. The summed E-state index contributed by atoms with van der Waals surface area (Å²) in [5.41, 5.74) is 0.584. The first-order valence-electron chi connectivity index (χ1n) is 8.75. The Hall–Kier alpha value is -2.50. The summed E-state index contributed by atoms with van der Waals surface area (Å²) in [6.45, 7) is 1.58. The van der Waals surface area contributed by atoms with Gasteiger partial charge in [0.1, 0.15) is 0 Å². The lowest BCUT2D eigenvalue weighted by Crippen LogP contribution is -2.40. The topological polar surface area (TPSA) is 73.9 Å². The first kappa shape index (κ1) is 17.3. The summed E-state index contributed by atoms with van der Waals surface area (Å²) in [5, 5.41) is 2.70. The number of rotatable bonds is 5. The van der Waals surface area contributed by atoms with Crippen molar-refractivity contribution in [2.75, 3.05) is 11.9 Å². The van der Waals surface area contributed by atoms with Gasteiger partial charge in [0.25, 0.3) is 11.7 Å². The number of esters is 1. The molecule has 1 aliphatic heterocycles. The van der Waals surface area contributed by atoms with Crippen molar-refractivity contribution in [3.8, 4) is 11.5 Å². The van der Waals surface area contributed by atoms with Gasteiger partial charge in [-0.15, -0.1) is 0 Å². The van der Waals surface area contributed by atoms with Gasteiger partial charge in [0.15, 0.2) is 18.1 Å². The molecule has 0 saturated heterocycles. The summed E-state index contributed by atoms with van der Waals surface area (Å²) in [6, 6.07) is 5.29. The minimum atomic E-state index is -0.537. The van der Waals surface area contributed by atoms with Crippen LogP contribution < -0.4 is 14.8 Å². The monoisotopic (exact) mass is 345 g/mol. The Balaban J connectivity index is 1.55. The number of benzene rings is 1. The van der Waals surface area contributed by atoms with Gasteiger partial charge < -0.3 is 19.5 Å². The highest BCUT2D eigenvalue weighted by Crippen LogP contribution is 2.46. The molecule has 0 aromatic heterocycles. The number of nitrogens with one attached hydrogen (secondary N) is 1. The van der Waals surface area contributed by atoms with Crippen LogP contribution in [0.4, 0.5) is 5.69 Å². The van der Waals surface area contributed by atoms with Gasteiger partial charge in [-0.2, -0.15) is 0 Å². The molecule has 6 heteroatoms. The van der Waals surface area contributed by atoms with E-state index in [4.69, 9.17) is 14.2 Å². The van der Waals surface area contributed by atoms with Crippen molar-refractivity contribution in [3.05, 3.63) is 30.4 Å². The largest absolute Gasteiger partial charge is 0.452 e. The Morgan fingerprint density at radius 2 is 1.96 bits per heavy atom. The molecular formula is C19H23NO5. The maximum atomic E-state index is 11.9. The molecule has 0 unspecified atom stereocenters. The summed E-state index contributed by atoms with van der Waals surface area (Å²) in [4.78, 5) is 23.3. The van der Waals surface area contributed by atoms with Crippen LogP contribution in [0.5, 0.6) is 11.5 Å². The molecule has 25 heavy (non-hydrogen) atoms. The number of hydrogen-bond donors (Lipinski definition) is 1. The minimum Gasteiger partial charge on any atom is -0.452 e. The predicted octanol–water partition coefficient (Wildman–Crippen LogP) is 3.57. The summed E-state index contributed by atoms with van der Waals surface area (Å²) in [5.74, 6) is -0.116. The van der Waals surface area contributed by atoms with Crippen LogP contribution in [-0.2, 0) is 14.3 Å². The smallest absolute Gasteiger partial charge is 0.330 e. The second-order valence-electron chi connectivity index (χ2n) is 6.30. The molecule has 1 heterocycles. The number of carbonyl (C=O) groups excluding carboxylic acids is 2. The number of allylic oxidation sites excluding steroid dienone is 1. The average Bonchev–Trinajstić information content (AvgIpc) is 2.95. The van der Waals surface area contributed by atoms with Crippen molar-refractivity contribution in [1.29, 1.82) is 0 Å². The van der Waals surface area contributed by atoms with E-state index in [0.29, 0.717) is 17.2 Å². The van der Waals surface area contributed by atoms with E-state index in [9.17, 15) is 9.59 Å². The molecule has 1 aromatic carbocycles. The molecule has 1 saturated carbocycles. The molecule has 3 rings (SSSR count). The number of carbonyl (C=O) groups is 2. The highest BCUT2D eigenvalue weighted by atomic mass is 16.7. The van der Waals surface area contributed by atoms with Crippen LogP contribution in [0.3, 0.4) is 0 Å². The normalized spacial score (nSPS) is 17.6. The molecule has 1 aromatic rings. The van der Waals surface area contributed by atoms with Crippen LogP contribution in [0.15, 0.2) is 30.4 Å². The zero-order valence-corrected chi connectivity index (χ0v) is 14.4. The molecule has 1 aliphatic carbocycles. The number of fused-ring (bicyclic) bond motifs is 1. The summed E-state index contributed by atoms with van der Waals surface area (Å²) in [6.07, 6.45) is 8.88. The molecule has 0 atom stereocenters. The van der Waals surface area contributed by atoms with Gasteiger partial charge in [-0.25, -0.2) is 4.79 Å². The van der Waals surface area contributed by atoms with Gasteiger partial charge in [-0.05, 0) is 31.4 Å². The van der Waals surface area contributed by atoms with Crippen LogP contribution in [0, 0.1) is 0 Å². The van der Waals surface area contributed by atoms with Crippen LogP contribution in [0.1, 0.15) is 45.4 Å². The van der Waals surface area contributed by atoms with Gasteiger partial charge in [0.2, 0.25) is 0 Å². The summed E-state index contributed by atoms with van der Waals surface area (Å²) < 4.78 is 16.9. The van der Waals surface area contributed by atoms with Crippen molar-refractivity contribution in [1.82, 2.24) is 0 Å². The van der Waals surface area contributed by atoms with E-state index in [1.54, 1.807) is 24.3 Å². The first-order valence-corrected chi connectivity index (χ1v) is 8.75. The van der Waals surface area contributed by atoms with Gasteiger partial charge in [0.05, 0.1) is 0 Å². The fourth-order valence-corrected chi connectivity index (χ4v) is 3.06. The van der Waals surface area contributed by atoms with E-state index in [0.717, 1.165) is 32.1 Å². The van der Waals surface area contributed by atoms with E-state index in [1.807, 2.05) is 6.92 Å². The Morgan fingerprint density at radius 3 is 2.72 bits per heavy atom. The first-order chi connectivity index (χ1) is 12.1. The zero-order chi connectivity index (χ0) is 17.7. The molecule has 2 aliphatic rings. The Labute approximate surface area is 147 Å². The quantitative estimate of drug-likeness (QED) is 0.652. The Bertz CT molecular complexity index is 676. The number of anilines is 1. The fourth-order valence-electron chi connectivity index (χ4n) is 3.06. The van der Waals surface area contributed by atoms with Crippen molar-refractivity contribution >= 4 is 17.6 Å². The van der Waals surface area contributed by atoms with E-state index in [2.05, 4.69) is 5.32 Å². The van der Waals surface area contributed by atoms with Gasteiger partial charge in [-0.3, -0.25) is 4.79 Å². The van der Waals surface area contributed by atoms with Gasteiger partial charge in [-0.1, -0.05) is 19.4 Å². The molecule has 1 fully saturated rings. The van der Waals surface area contributed by atoms with E-state index >= 15 is 0 Å². The highest BCUT2D eigenvalue weighted by molar-refractivity contribution is 5.94. The number of amides is 1. The van der Waals surface area contributed by atoms with Crippen molar-refractivity contribution in [2.24, 2.45) is 0 Å². The van der Waals surface area contributed by atoms with Gasteiger partial charge in [0, 0.05) is 30.7 Å². The Morgan fingerprint density at radius 1 is 1.20 bits per heavy atom. The van der Waals surface area contributed by atoms with Crippen LogP contribution >= 0.6 is 0 Å². The lowest BCUT2D eigenvalue weighted by Gasteiger charge is -2.31. The van der Waals surface area contributed by atoms with E-state index < -0.39 is 17.7 Å². The SMILES string of the molecule is CC/C=C/C(=O)OCC(=O)Nc1ccc2c(c1)OC1(CCCCC1)O2.